The SMILES string of the molecule is C#C[C@@H]1NC(=O)[C@H]1[C@@H](C)O. The van der Waals surface area contributed by atoms with Gasteiger partial charge in [0.15, 0.2) is 0 Å². The first-order valence-electron chi connectivity index (χ1n) is 3.11. The summed E-state index contributed by atoms with van der Waals surface area (Å²) in [7, 11) is 0. The number of hydrogen-bond acceptors (Lipinski definition) is 2. The molecule has 0 spiro atoms. The summed E-state index contributed by atoms with van der Waals surface area (Å²) in [5, 5.41) is 11.5. The van der Waals surface area contributed by atoms with Crippen molar-refractivity contribution in [1.82, 2.24) is 5.32 Å². The number of aliphatic hydroxyl groups is 1. The van der Waals surface area contributed by atoms with E-state index < -0.39 is 12.0 Å². The Morgan fingerprint density at radius 3 is 2.70 bits per heavy atom. The second-order valence-corrected chi connectivity index (χ2v) is 2.42. The molecule has 1 heterocycles. The molecule has 1 rings (SSSR count). The van der Waals surface area contributed by atoms with E-state index in [0.717, 1.165) is 0 Å². The zero-order valence-corrected chi connectivity index (χ0v) is 5.66. The van der Waals surface area contributed by atoms with E-state index in [1.807, 2.05) is 0 Å². The molecule has 0 bridgehead atoms. The molecule has 0 radical (unpaired) electrons. The fraction of sp³-hybridized carbons (Fsp3) is 0.571. The van der Waals surface area contributed by atoms with Crippen molar-refractivity contribution < 1.29 is 9.90 Å². The molecule has 2 N–H and O–H groups in total. The van der Waals surface area contributed by atoms with Crippen molar-refractivity contribution in [3.05, 3.63) is 0 Å². The lowest BCUT2D eigenvalue weighted by Crippen LogP contribution is -2.61. The summed E-state index contributed by atoms with van der Waals surface area (Å²) in [5.74, 6) is 1.82. The molecule has 1 aliphatic rings. The molecule has 3 heteroatoms. The van der Waals surface area contributed by atoms with E-state index in [1.54, 1.807) is 6.92 Å². The summed E-state index contributed by atoms with van der Waals surface area (Å²) < 4.78 is 0. The number of carbonyl (C=O) groups excluding carboxylic acids is 1. The monoisotopic (exact) mass is 139 g/mol. The van der Waals surface area contributed by atoms with Crippen molar-refractivity contribution in [1.29, 1.82) is 0 Å². The second-order valence-electron chi connectivity index (χ2n) is 2.42. The van der Waals surface area contributed by atoms with Gasteiger partial charge in [-0.3, -0.25) is 4.79 Å². The average Bonchev–Trinajstić information content (AvgIpc) is 1.80. The Kier molecular flexibility index (Phi) is 1.64. The third-order valence-electron chi connectivity index (χ3n) is 1.66. The van der Waals surface area contributed by atoms with Gasteiger partial charge >= 0.3 is 0 Å². The maximum atomic E-state index is 10.7. The van der Waals surface area contributed by atoms with Crippen LogP contribution in [-0.4, -0.2) is 23.2 Å². The van der Waals surface area contributed by atoms with Crippen molar-refractivity contribution in [3.8, 4) is 12.3 Å². The van der Waals surface area contributed by atoms with E-state index in [-0.39, 0.29) is 11.9 Å². The van der Waals surface area contributed by atoms with Crippen LogP contribution in [0, 0.1) is 18.3 Å². The molecule has 0 aliphatic carbocycles. The molecule has 1 aliphatic heterocycles. The molecule has 3 atom stereocenters. The Morgan fingerprint density at radius 2 is 2.50 bits per heavy atom. The van der Waals surface area contributed by atoms with Gasteiger partial charge in [0.2, 0.25) is 5.91 Å². The minimum atomic E-state index is -0.644. The van der Waals surface area contributed by atoms with Crippen LogP contribution in [0.2, 0.25) is 0 Å². The highest BCUT2D eigenvalue weighted by Gasteiger charge is 2.41. The van der Waals surface area contributed by atoms with E-state index >= 15 is 0 Å². The largest absolute Gasteiger partial charge is 0.392 e. The number of nitrogens with one attached hydrogen (secondary N) is 1. The topological polar surface area (TPSA) is 49.3 Å². The lowest BCUT2D eigenvalue weighted by Gasteiger charge is -2.34. The number of rotatable bonds is 1. The quantitative estimate of drug-likeness (QED) is 0.366. The molecule has 0 saturated carbocycles. The Hall–Kier alpha value is -1.01. The molecule has 1 fully saturated rings. The first kappa shape index (κ1) is 7.10. The van der Waals surface area contributed by atoms with E-state index in [2.05, 4.69) is 11.2 Å². The van der Waals surface area contributed by atoms with E-state index in [1.165, 1.54) is 0 Å². The second kappa shape index (κ2) is 2.31. The maximum Gasteiger partial charge on any atom is 0.229 e. The molecule has 0 aromatic heterocycles. The van der Waals surface area contributed by atoms with E-state index in [9.17, 15) is 4.79 Å². The number of β-lactam (4-membered cyclic amide) rings is 1. The van der Waals surface area contributed by atoms with Gasteiger partial charge in [0, 0.05) is 0 Å². The number of amides is 1. The first-order chi connectivity index (χ1) is 4.66. The summed E-state index contributed by atoms with van der Waals surface area (Å²) in [5.41, 5.74) is 0. The Labute approximate surface area is 59.4 Å². The zero-order chi connectivity index (χ0) is 7.72. The van der Waals surface area contributed by atoms with Gasteiger partial charge in [0.05, 0.1) is 12.0 Å². The molecule has 1 saturated heterocycles. The number of terminal acetylenes is 1. The minimum absolute atomic E-state index is 0.155. The van der Waals surface area contributed by atoms with Gasteiger partial charge in [-0.1, -0.05) is 5.92 Å². The Bertz CT molecular complexity index is 192. The smallest absolute Gasteiger partial charge is 0.229 e. The van der Waals surface area contributed by atoms with Gasteiger partial charge in [-0.2, -0.15) is 0 Å². The standard InChI is InChI=1S/C7H9NO2/c1-3-5-6(4(2)9)7(10)8-5/h1,4-6,9H,2H3,(H,8,10)/t4-,5+,6+/m1/s1. The number of carbonyl (C=O) groups is 1. The van der Waals surface area contributed by atoms with Gasteiger partial charge in [-0.15, -0.1) is 6.42 Å². The average molecular weight is 139 g/mol. The summed E-state index contributed by atoms with van der Waals surface area (Å²) in [6, 6.07) is -0.271. The Balaban J connectivity index is 2.58. The predicted molar refractivity (Wildman–Crippen MR) is 35.9 cm³/mol. The number of hydrogen-bond donors (Lipinski definition) is 2. The van der Waals surface area contributed by atoms with Crippen LogP contribution >= 0.6 is 0 Å². The van der Waals surface area contributed by atoms with Crippen LogP contribution in [-0.2, 0) is 4.79 Å². The summed E-state index contributed by atoms with van der Waals surface area (Å²) in [6.07, 6.45) is 4.40. The highest BCUT2D eigenvalue weighted by atomic mass is 16.3. The number of aliphatic hydroxyl groups excluding tert-OH is 1. The highest BCUT2D eigenvalue weighted by Crippen LogP contribution is 2.17. The zero-order valence-electron chi connectivity index (χ0n) is 5.66. The lowest BCUT2D eigenvalue weighted by molar-refractivity contribution is -0.138. The van der Waals surface area contributed by atoms with Crippen LogP contribution in [0.25, 0.3) is 0 Å². The van der Waals surface area contributed by atoms with Crippen LogP contribution in [0.3, 0.4) is 0 Å². The van der Waals surface area contributed by atoms with E-state index in [0.29, 0.717) is 0 Å². The van der Waals surface area contributed by atoms with Crippen molar-refractivity contribution in [3.63, 3.8) is 0 Å². The Morgan fingerprint density at radius 1 is 1.90 bits per heavy atom. The fourth-order valence-electron chi connectivity index (χ4n) is 1.04. The first-order valence-corrected chi connectivity index (χ1v) is 3.11. The molecule has 0 unspecified atom stereocenters. The van der Waals surface area contributed by atoms with Gasteiger partial charge in [0.25, 0.3) is 0 Å². The molecular formula is C7H9NO2. The fourth-order valence-corrected chi connectivity index (χ4v) is 1.04. The minimum Gasteiger partial charge on any atom is -0.392 e. The van der Waals surface area contributed by atoms with Crippen LogP contribution < -0.4 is 5.32 Å². The van der Waals surface area contributed by atoms with Crippen molar-refractivity contribution >= 4 is 5.91 Å². The summed E-state index contributed by atoms with van der Waals surface area (Å²) in [6.45, 7) is 1.56. The predicted octanol–water partition coefficient (Wildman–Crippen LogP) is -0.885. The van der Waals surface area contributed by atoms with Gasteiger partial charge in [-0.25, -0.2) is 0 Å². The molecule has 3 nitrogen and oxygen atoms in total. The van der Waals surface area contributed by atoms with Gasteiger partial charge < -0.3 is 10.4 Å². The molecular weight excluding hydrogens is 130 g/mol. The summed E-state index contributed by atoms with van der Waals surface area (Å²) in [4.78, 5) is 10.7. The lowest BCUT2D eigenvalue weighted by atomic mass is 9.87. The molecule has 54 valence electrons. The van der Waals surface area contributed by atoms with Crippen molar-refractivity contribution in [2.24, 2.45) is 5.92 Å². The highest BCUT2D eigenvalue weighted by molar-refractivity contribution is 5.87. The maximum absolute atomic E-state index is 10.7. The molecule has 0 aromatic carbocycles. The van der Waals surface area contributed by atoms with Crippen molar-refractivity contribution in [2.75, 3.05) is 0 Å². The van der Waals surface area contributed by atoms with Crippen LogP contribution in [0.4, 0.5) is 0 Å². The van der Waals surface area contributed by atoms with Crippen LogP contribution in [0.1, 0.15) is 6.92 Å². The van der Waals surface area contributed by atoms with Crippen molar-refractivity contribution in [2.45, 2.75) is 19.1 Å². The third-order valence-corrected chi connectivity index (χ3v) is 1.66. The third kappa shape index (κ3) is 0.869. The van der Waals surface area contributed by atoms with Gasteiger partial charge in [0.1, 0.15) is 6.04 Å². The van der Waals surface area contributed by atoms with Crippen LogP contribution in [0.15, 0.2) is 0 Å². The molecule has 0 aromatic rings. The van der Waals surface area contributed by atoms with Gasteiger partial charge in [-0.05, 0) is 6.92 Å². The van der Waals surface area contributed by atoms with E-state index in [4.69, 9.17) is 11.5 Å². The molecule has 1 amide bonds. The summed E-state index contributed by atoms with van der Waals surface area (Å²) >= 11 is 0. The van der Waals surface area contributed by atoms with Crippen LogP contribution in [0.5, 0.6) is 0 Å². The normalized spacial score (nSPS) is 33.5. The molecule has 10 heavy (non-hydrogen) atoms.